The summed E-state index contributed by atoms with van der Waals surface area (Å²) in [7, 11) is 0. The summed E-state index contributed by atoms with van der Waals surface area (Å²) in [5.74, 6) is 0. The fourth-order valence-electron chi connectivity index (χ4n) is 17.8. The van der Waals surface area contributed by atoms with Crippen LogP contribution in [-0.2, 0) is 10.8 Å². The second-order valence-corrected chi connectivity index (χ2v) is 31.4. The lowest BCUT2D eigenvalue weighted by Crippen LogP contribution is -2.34. The monoisotopic (exact) mass is 1490 g/mol. The molecule has 0 saturated heterocycles. The second-order valence-electron chi connectivity index (χ2n) is 29.3. The van der Waals surface area contributed by atoms with Crippen molar-refractivity contribution in [1.29, 1.82) is 0 Å². The lowest BCUT2D eigenvalue weighted by molar-refractivity contribution is 0.710. The normalized spacial score (nSPS) is 14.5. The molecule has 2 heterocycles. The van der Waals surface area contributed by atoms with Gasteiger partial charge in [-0.1, -0.05) is 394 Å². The molecule has 2 aliphatic heterocycles. The standard InChI is InChI=1S/C57H39NS.C53H37NS/c1-4-16-40(17-5-1)42-28-34-46(35-29-42)58(47-36-30-43(31-37-47)41-18-6-2-7-19-41)48-38-32-45(33-39-48)57(44-20-8-3-9-21-44)53-26-14-15-27-54(53)59-56-52-25-13-11-23-50(52)49-22-10-12-24-51(49)55(56)57;1-4-14-38(15-5-1)40-24-31-45(32-25-40)54(46-33-26-41(27-34-46)39-16-6-2-7-17-39)47-35-29-44(30-36-47)53(43-19-8-3-9-20-43)49-22-12-13-23-50(49)55-51-37-28-42-18-10-11-21-48(42)52(51)53/h1-39H;1-37H. The van der Waals surface area contributed by atoms with Gasteiger partial charge < -0.3 is 9.80 Å². The number of nitrogens with zero attached hydrogens (tertiary/aromatic N) is 2. The molecule has 114 heavy (non-hydrogen) atoms. The summed E-state index contributed by atoms with van der Waals surface area (Å²) in [5.41, 5.74) is 25.4. The second kappa shape index (κ2) is 30.2. The van der Waals surface area contributed by atoms with Crippen LogP contribution in [0.5, 0.6) is 0 Å². The molecule has 2 unspecified atom stereocenters. The Balaban J connectivity index is 0.000000148. The van der Waals surface area contributed by atoms with Gasteiger partial charge in [-0.3, -0.25) is 0 Å². The molecule has 0 spiro atoms. The Morgan fingerprint density at radius 2 is 0.439 bits per heavy atom. The van der Waals surface area contributed by atoms with Gasteiger partial charge in [0, 0.05) is 53.7 Å². The van der Waals surface area contributed by atoms with Crippen LogP contribution in [0.3, 0.4) is 0 Å². The summed E-state index contributed by atoms with van der Waals surface area (Å²) in [4.78, 5) is 9.94. The molecular weight excluding hydrogens is 1410 g/mol. The molecule has 2 aliphatic rings. The van der Waals surface area contributed by atoms with Crippen LogP contribution < -0.4 is 9.80 Å². The largest absolute Gasteiger partial charge is 0.311 e. The zero-order chi connectivity index (χ0) is 75.8. The molecule has 0 aromatic heterocycles. The van der Waals surface area contributed by atoms with Crippen LogP contribution in [0, 0.1) is 0 Å². The summed E-state index contributed by atoms with van der Waals surface area (Å²) in [6, 6.07) is 169. The molecule has 538 valence electrons. The quantitative estimate of drug-likeness (QED) is 0.100. The number of hydrogen-bond donors (Lipinski definition) is 0. The van der Waals surface area contributed by atoms with Gasteiger partial charge in [-0.25, -0.2) is 0 Å². The van der Waals surface area contributed by atoms with Gasteiger partial charge in [-0.05, 0) is 212 Å². The lowest BCUT2D eigenvalue weighted by atomic mass is 9.63. The fourth-order valence-corrected chi connectivity index (χ4v) is 20.4. The van der Waals surface area contributed by atoms with Gasteiger partial charge in [0.2, 0.25) is 0 Å². The zero-order valence-corrected chi connectivity index (χ0v) is 64.2. The van der Waals surface area contributed by atoms with Gasteiger partial charge >= 0.3 is 0 Å². The van der Waals surface area contributed by atoms with E-state index in [-0.39, 0.29) is 0 Å². The summed E-state index contributed by atoms with van der Waals surface area (Å²) < 4.78 is 0. The van der Waals surface area contributed by atoms with E-state index in [0.29, 0.717) is 0 Å². The first-order valence-electron chi connectivity index (χ1n) is 39.1. The van der Waals surface area contributed by atoms with Gasteiger partial charge in [0.05, 0.1) is 10.8 Å². The topological polar surface area (TPSA) is 6.48 Å². The zero-order valence-electron chi connectivity index (χ0n) is 62.6. The molecule has 0 amide bonds. The molecule has 21 rings (SSSR count). The molecule has 4 heteroatoms. The highest BCUT2D eigenvalue weighted by molar-refractivity contribution is 8.00. The number of hydrogen-bond acceptors (Lipinski definition) is 4. The van der Waals surface area contributed by atoms with E-state index in [1.54, 1.807) is 0 Å². The maximum Gasteiger partial charge on any atom is 0.0729 e. The van der Waals surface area contributed by atoms with E-state index in [4.69, 9.17) is 0 Å². The Bertz CT molecular complexity index is 6480. The lowest BCUT2D eigenvalue weighted by Gasteiger charge is -2.43. The van der Waals surface area contributed by atoms with Crippen molar-refractivity contribution in [1.82, 2.24) is 0 Å². The summed E-state index contributed by atoms with van der Waals surface area (Å²) in [6.07, 6.45) is 0. The number of rotatable bonds is 14. The molecule has 0 N–H and O–H groups in total. The molecule has 0 fully saturated rings. The first kappa shape index (κ1) is 69.5. The van der Waals surface area contributed by atoms with Gasteiger partial charge in [0.15, 0.2) is 0 Å². The summed E-state index contributed by atoms with van der Waals surface area (Å²) in [6.45, 7) is 0. The van der Waals surface area contributed by atoms with E-state index in [0.717, 1.165) is 34.1 Å². The molecule has 0 bridgehead atoms. The molecule has 0 aliphatic carbocycles. The van der Waals surface area contributed by atoms with Crippen molar-refractivity contribution in [2.45, 2.75) is 30.4 Å². The van der Waals surface area contributed by atoms with E-state index in [9.17, 15) is 0 Å². The van der Waals surface area contributed by atoms with Crippen LogP contribution in [0.4, 0.5) is 34.1 Å². The van der Waals surface area contributed by atoms with Crippen LogP contribution in [0.25, 0.3) is 76.8 Å². The Morgan fingerprint density at radius 3 is 0.833 bits per heavy atom. The molecule has 2 atom stereocenters. The fraction of sp³-hybridized carbons (Fsp3) is 0.0182. The minimum absolute atomic E-state index is 0.530. The number of anilines is 6. The van der Waals surface area contributed by atoms with Crippen LogP contribution in [-0.4, -0.2) is 0 Å². The third-order valence-electron chi connectivity index (χ3n) is 23.0. The van der Waals surface area contributed by atoms with Crippen molar-refractivity contribution < 1.29 is 0 Å². The Hall–Kier alpha value is -13.7. The average Bonchev–Trinajstić information content (AvgIpc) is 0.688. The Labute approximate surface area is 675 Å². The van der Waals surface area contributed by atoms with Crippen molar-refractivity contribution in [3.63, 3.8) is 0 Å². The average molecular weight is 1490 g/mol. The van der Waals surface area contributed by atoms with Crippen molar-refractivity contribution >= 4 is 90.0 Å². The van der Waals surface area contributed by atoms with Crippen molar-refractivity contribution in [3.8, 4) is 44.5 Å². The van der Waals surface area contributed by atoms with Crippen LogP contribution in [0.2, 0.25) is 0 Å². The molecule has 2 nitrogen and oxygen atoms in total. The minimum Gasteiger partial charge on any atom is -0.311 e. The van der Waals surface area contributed by atoms with Crippen molar-refractivity contribution in [2.24, 2.45) is 0 Å². The van der Waals surface area contributed by atoms with Crippen molar-refractivity contribution in [2.75, 3.05) is 9.80 Å². The van der Waals surface area contributed by atoms with Gasteiger partial charge in [-0.2, -0.15) is 0 Å². The van der Waals surface area contributed by atoms with Crippen LogP contribution >= 0.6 is 23.5 Å². The molecular formula is C110H76N2S2. The first-order chi connectivity index (χ1) is 56.5. The van der Waals surface area contributed by atoms with E-state index in [1.807, 2.05) is 23.5 Å². The summed E-state index contributed by atoms with van der Waals surface area (Å²) in [5, 5.41) is 7.69. The smallest absolute Gasteiger partial charge is 0.0729 e. The van der Waals surface area contributed by atoms with Crippen molar-refractivity contribution in [3.05, 3.63) is 506 Å². The van der Waals surface area contributed by atoms with E-state index in [1.165, 1.54) is 141 Å². The maximum absolute atomic E-state index is 2.38. The first-order valence-corrected chi connectivity index (χ1v) is 40.7. The van der Waals surface area contributed by atoms with E-state index < -0.39 is 10.8 Å². The third-order valence-corrected chi connectivity index (χ3v) is 25.3. The molecule has 19 aromatic carbocycles. The Morgan fingerprint density at radius 1 is 0.167 bits per heavy atom. The predicted octanol–water partition coefficient (Wildman–Crippen LogP) is 30.1. The highest BCUT2D eigenvalue weighted by Crippen LogP contribution is 2.61. The summed E-state index contributed by atoms with van der Waals surface area (Å²) >= 11 is 3.79. The SMILES string of the molecule is c1ccc(-c2ccc(N(c3ccc(-c4ccccc4)cc3)c3ccc(C4(c5ccccc5)c5ccccc5Sc5c4c4ccccc4c4ccccc54)cc3)cc2)cc1.c1ccc(-c2ccc(N(c3ccc(-c4ccccc4)cc3)c3ccc(C4(c5ccccc5)c5ccccc5Sc5ccc6ccccc6c54)cc3)cc2)cc1. The molecule has 0 saturated carbocycles. The van der Waals surface area contributed by atoms with Crippen LogP contribution in [0.15, 0.2) is 481 Å². The maximum atomic E-state index is 2.38. The van der Waals surface area contributed by atoms with Gasteiger partial charge in [0.25, 0.3) is 0 Å². The van der Waals surface area contributed by atoms with E-state index >= 15 is 0 Å². The minimum atomic E-state index is -0.583. The van der Waals surface area contributed by atoms with Gasteiger partial charge in [0.1, 0.15) is 0 Å². The molecule has 0 radical (unpaired) electrons. The Kier molecular flexibility index (Phi) is 18.4. The number of benzene rings is 19. The predicted molar refractivity (Wildman–Crippen MR) is 481 cm³/mol. The van der Waals surface area contributed by atoms with E-state index in [2.05, 4.69) is 471 Å². The highest BCUT2D eigenvalue weighted by atomic mass is 32.2. The van der Waals surface area contributed by atoms with Gasteiger partial charge in [-0.15, -0.1) is 0 Å². The van der Waals surface area contributed by atoms with Crippen LogP contribution in [0.1, 0.15) is 44.5 Å². The highest BCUT2D eigenvalue weighted by Gasteiger charge is 2.48. The third kappa shape index (κ3) is 12.4. The molecule has 19 aromatic rings. The number of fused-ring (bicyclic) bond motifs is 11.